The molecule has 2 heterocycles. The van der Waals surface area contributed by atoms with Gasteiger partial charge in [-0.1, -0.05) is 35.3 Å². The number of aryl methyl sites for hydroxylation is 1. The summed E-state index contributed by atoms with van der Waals surface area (Å²) >= 11 is 12.6. The van der Waals surface area contributed by atoms with Crippen LogP contribution >= 0.6 is 23.2 Å². The summed E-state index contributed by atoms with van der Waals surface area (Å²) in [6.07, 6.45) is 1.75. The molecule has 0 aliphatic carbocycles. The Labute approximate surface area is 196 Å². The normalized spacial score (nSPS) is 15.4. The molecule has 0 spiro atoms. The fourth-order valence-electron chi connectivity index (χ4n) is 3.70. The molecule has 1 atom stereocenters. The Bertz CT molecular complexity index is 1410. The molecular weight excluding hydrogens is 469 g/mol. The van der Waals surface area contributed by atoms with Gasteiger partial charge in [0.25, 0.3) is 5.56 Å². The van der Waals surface area contributed by atoms with Crippen LogP contribution in [0.4, 0.5) is 5.69 Å². The Morgan fingerprint density at radius 2 is 1.75 bits per heavy atom. The molecule has 1 N–H and O–H groups in total. The molecule has 0 saturated carbocycles. The predicted molar refractivity (Wildman–Crippen MR) is 131 cm³/mol. The van der Waals surface area contributed by atoms with Crippen molar-refractivity contribution in [2.24, 2.45) is 12.0 Å². The molecule has 4 rings (SSSR count). The SMILES string of the molecule is CCS(=O)(=O)Nc1cc2c(cc1Cl)C(c1ccc(Cl)cc1)=N[C@@H](C)c1cc(=O)n(C)cc1-2. The molecule has 0 fully saturated rings. The number of rotatable bonds is 4. The molecule has 0 unspecified atom stereocenters. The molecule has 2 aromatic carbocycles. The minimum absolute atomic E-state index is 0.0833. The van der Waals surface area contributed by atoms with Crippen molar-refractivity contribution < 1.29 is 8.42 Å². The Hall–Kier alpha value is -2.61. The number of nitrogens with one attached hydrogen (secondary N) is 1. The number of pyridine rings is 1. The zero-order chi connectivity index (χ0) is 23.2. The van der Waals surface area contributed by atoms with Crippen LogP contribution in [-0.4, -0.2) is 24.4 Å². The van der Waals surface area contributed by atoms with Crippen molar-refractivity contribution in [2.75, 3.05) is 10.5 Å². The number of anilines is 1. The lowest BCUT2D eigenvalue weighted by atomic mass is 9.92. The van der Waals surface area contributed by atoms with E-state index in [1.165, 1.54) is 4.57 Å². The quantitative estimate of drug-likeness (QED) is 0.557. The van der Waals surface area contributed by atoms with Gasteiger partial charge in [0.15, 0.2) is 0 Å². The van der Waals surface area contributed by atoms with Gasteiger partial charge in [-0.25, -0.2) is 8.42 Å². The number of aliphatic imine (C=N–C) groups is 1. The van der Waals surface area contributed by atoms with E-state index in [1.54, 1.807) is 50.5 Å². The van der Waals surface area contributed by atoms with Crippen molar-refractivity contribution in [2.45, 2.75) is 19.9 Å². The number of sulfonamides is 1. The number of aromatic nitrogens is 1. The largest absolute Gasteiger partial charge is 0.318 e. The number of benzene rings is 2. The van der Waals surface area contributed by atoms with Crippen molar-refractivity contribution in [3.8, 4) is 11.1 Å². The Morgan fingerprint density at radius 3 is 2.41 bits per heavy atom. The first-order chi connectivity index (χ1) is 15.1. The number of nitrogens with zero attached hydrogens (tertiary/aromatic N) is 2. The van der Waals surface area contributed by atoms with Gasteiger partial charge in [-0.05, 0) is 49.2 Å². The van der Waals surface area contributed by atoms with Gasteiger partial charge >= 0.3 is 0 Å². The Morgan fingerprint density at radius 1 is 1.06 bits per heavy atom. The summed E-state index contributed by atoms with van der Waals surface area (Å²) in [6, 6.07) is 12.0. The first-order valence-corrected chi connectivity index (χ1v) is 12.4. The molecular formula is C23H21Cl2N3O3S. The van der Waals surface area contributed by atoms with Gasteiger partial charge in [-0.15, -0.1) is 0 Å². The smallest absolute Gasteiger partial charge is 0.250 e. The molecule has 1 aromatic heterocycles. The van der Waals surface area contributed by atoms with Crippen LogP contribution in [-0.2, 0) is 17.1 Å². The summed E-state index contributed by atoms with van der Waals surface area (Å²) in [5.74, 6) is -0.0833. The summed E-state index contributed by atoms with van der Waals surface area (Å²) < 4.78 is 28.5. The number of fused-ring (bicyclic) bond motifs is 3. The van der Waals surface area contributed by atoms with Crippen molar-refractivity contribution in [3.05, 3.63) is 85.8 Å². The van der Waals surface area contributed by atoms with E-state index in [2.05, 4.69) is 4.72 Å². The molecule has 32 heavy (non-hydrogen) atoms. The number of hydrogen-bond acceptors (Lipinski definition) is 4. The van der Waals surface area contributed by atoms with Gasteiger partial charge in [0.2, 0.25) is 10.0 Å². The summed E-state index contributed by atoms with van der Waals surface area (Å²) in [6.45, 7) is 3.47. The summed E-state index contributed by atoms with van der Waals surface area (Å²) in [5, 5.41) is 0.855. The summed E-state index contributed by atoms with van der Waals surface area (Å²) in [5.41, 5.74) is 4.65. The van der Waals surface area contributed by atoms with Gasteiger partial charge in [0, 0.05) is 41.0 Å². The van der Waals surface area contributed by atoms with E-state index in [-0.39, 0.29) is 28.1 Å². The standard InChI is InChI=1S/C23H21Cl2N3O3S/c1-4-32(30,31)27-21-10-17-18(9-20(21)25)23(14-5-7-15(24)8-6-14)26-13(2)16-11-22(29)28(3)12-19(16)17/h5-13,27H,4H2,1-3H3/t13-/m0/s1. The maximum absolute atomic E-state index is 12.4. The van der Waals surface area contributed by atoms with Crippen LogP contribution in [0.3, 0.4) is 0 Å². The monoisotopic (exact) mass is 489 g/mol. The summed E-state index contributed by atoms with van der Waals surface area (Å²) in [7, 11) is -1.86. The van der Waals surface area contributed by atoms with E-state index < -0.39 is 10.0 Å². The fraction of sp³-hybridized carbons (Fsp3) is 0.217. The molecule has 166 valence electrons. The highest BCUT2D eigenvalue weighted by molar-refractivity contribution is 7.92. The molecule has 0 radical (unpaired) electrons. The average molecular weight is 490 g/mol. The molecule has 3 aromatic rings. The molecule has 1 aliphatic heterocycles. The molecule has 0 amide bonds. The second-order valence-electron chi connectivity index (χ2n) is 7.64. The predicted octanol–water partition coefficient (Wildman–Crippen LogP) is 5.03. The third-order valence-corrected chi connectivity index (χ3v) is 7.30. The Balaban J connectivity index is 2.04. The van der Waals surface area contributed by atoms with Crippen LogP contribution in [0.25, 0.3) is 11.1 Å². The van der Waals surface area contributed by atoms with E-state index >= 15 is 0 Å². The minimum Gasteiger partial charge on any atom is -0.318 e. The van der Waals surface area contributed by atoms with Crippen molar-refractivity contribution >= 4 is 44.6 Å². The highest BCUT2D eigenvalue weighted by Crippen LogP contribution is 2.40. The van der Waals surface area contributed by atoms with Crippen LogP contribution in [0.2, 0.25) is 10.0 Å². The first-order valence-electron chi connectivity index (χ1n) is 9.98. The third kappa shape index (κ3) is 4.20. The molecule has 1 aliphatic rings. The van der Waals surface area contributed by atoms with Crippen molar-refractivity contribution in [1.29, 1.82) is 0 Å². The first kappa shape index (κ1) is 22.6. The second-order valence-corrected chi connectivity index (χ2v) is 10.5. The highest BCUT2D eigenvalue weighted by atomic mass is 35.5. The van der Waals surface area contributed by atoms with Crippen LogP contribution in [0.1, 0.15) is 36.6 Å². The lowest BCUT2D eigenvalue weighted by Crippen LogP contribution is -2.17. The lowest BCUT2D eigenvalue weighted by molar-refractivity contribution is 0.602. The van der Waals surface area contributed by atoms with Gasteiger partial charge in [0.1, 0.15) is 0 Å². The number of halogens is 2. The molecule has 9 heteroatoms. The maximum Gasteiger partial charge on any atom is 0.250 e. The number of hydrogen-bond donors (Lipinski definition) is 1. The molecule has 0 bridgehead atoms. The van der Waals surface area contributed by atoms with E-state index in [4.69, 9.17) is 28.2 Å². The van der Waals surface area contributed by atoms with Crippen LogP contribution in [0, 0.1) is 0 Å². The van der Waals surface area contributed by atoms with Gasteiger partial charge < -0.3 is 4.57 Å². The highest BCUT2D eigenvalue weighted by Gasteiger charge is 2.26. The topological polar surface area (TPSA) is 80.5 Å². The van der Waals surface area contributed by atoms with E-state index in [0.29, 0.717) is 10.7 Å². The Kier molecular flexibility index (Phi) is 5.92. The lowest BCUT2D eigenvalue weighted by Gasteiger charge is -2.17. The van der Waals surface area contributed by atoms with E-state index in [1.807, 2.05) is 19.1 Å². The van der Waals surface area contributed by atoms with Crippen molar-refractivity contribution in [1.82, 2.24) is 4.57 Å². The van der Waals surface area contributed by atoms with Gasteiger partial charge in [-0.3, -0.25) is 14.5 Å². The molecule has 0 saturated heterocycles. The fourth-order valence-corrected chi connectivity index (χ4v) is 4.74. The van der Waals surface area contributed by atoms with Crippen LogP contribution in [0.5, 0.6) is 0 Å². The van der Waals surface area contributed by atoms with Crippen molar-refractivity contribution in [3.63, 3.8) is 0 Å². The third-order valence-electron chi connectivity index (χ3n) is 5.45. The zero-order valence-electron chi connectivity index (χ0n) is 17.7. The summed E-state index contributed by atoms with van der Waals surface area (Å²) in [4.78, 5) is 17.3. The van der Waals surface area contributed by atoms with Gasteiger partial charge in [0.05, 0.1) is 28.2 Å². The second kappa shape index (κ2) is 8.39. The van der Waals surface area contributed by atoms with E-state index in [9.17, 15) is 13.2 Å². The zero-order valence-corrected chi connectivity index (χ0v) is 20.0. The minimum atomic E-state index is -3.54. The van der Waals surface area contributed by atoms with Gasteiger partial charge in [-0.2, -0.15) is 0 Å². The molecule has 6 nitrogen and oxygen atoms in total. The van der Waals surface area contributed by atoms with Crippen LogP contribution < -0.4 is 10.3 Å². The van der Waals surface area contributed by atoms with E-state index in [0.717, 1.165) is 27.8 Å². The van der Waals surface area contributed by atoms with Crippen LogP contribution in [0.15, 0.2) is 58.4 Å². The average Bonchev–Trinajstić information content (AvgIpc) is 2.85. The maximum atomic E-state index is 12.4.